The molecule has 0 aromatic heterocycles. The van der Waals surface area contributed by atoms with Gasteiger partial charge in [-0.25, -0.2) is 4.79 Å². The number of rotatable bonds is 4. The minimum Gasteiger partial charge on any atom is -0.444 e. The number of benzene rings is 1. The number of nitrogens with one attached hydrogen (secondary N) is 3. The van der Waals surface area contributed by atoms with Crippen LogP contribution in [0.3, 0.4) is 0 Å². The predicted molar refractivity (Wildman–Crippen MR) is 97.6 cm³/mol. The van der Waals surface area contributed by atoms with E-state index in [0.29, 0.717) is 6.04 Å². The van der Waals surface area contributed by atoms with Crippen molar-refractivity contribution in [3.05, 3.63) is 24.3 Å². The van der Waals surface area contributed by atoms with Crippen LogP contribution in [-0.2, 0) is 9.53 Å². The fourth-order valence-corrected chi connectivity index (χ4v) is 3.60. The maximum atomic E-state index is 11.9. The second-order valence-corrected chi connectivity index (χ2v) is 8.28. The van der Waals surface area contributed by atoms with Gasteiger partial charge in [-0.15, -0.1) is 0 Å². The summed E-state index contributed by atoms with van der Waals surface area (Å²) in [4.78, 5) is 23.0. The highest BCUT2D eigenvalue weighted by molar-refractivity contribution is 5.89. The zero-order valence-electron chi connectivity index (χ0n) is 15.3. The molecule has 2 amide bonds. The molecular weight excluding hydrogens is 318 g/mol. The smallest absolute Gasteiger partial charge is 0.407 e. The number of carbonyl (C=O) groups is 2. The van der Waals surface area contributed by atoms with Gasteiger partial charge in [0.25, 0.3) is 0 Å². The molecule has 25 heavy (non-hydrogen) atoms. The lowest BCUT2D eigenvalue weighted by atomic mass is 9.76. The van der Waals surface area contributed by atoms with Crippen molar-refractivity contribution in [1.82, 2.24) is 5.32 Å². The number of ether oxygens (including phenoxy) is 1. The van der Waals surface area contributed by atoms with Crippen LogP contribution in [0.15, 0.2) is 24.3 Å². The number of hydrogen-bond acceptors (Lipinski definition) is 4. The maximum absolute atomic E-state index is 11.9. The Bertz CT molecular complexity index is 675. The molecule has 0 radical (unpaired) electrons. The van der Waals surface area contributed by atoms with Gasteiger partial charge in [-0.05, 0) is 63.6 Å². The van der Waals surface area contributed by atoms with Crippen LogP contribution >= 0.6 is 0 Å². The van der Waals surface area contributed by atoms with E-state index in [4.69, 9.17) is 4.74 Å². The molecule has 6 nitrogen and oxygen atoms in total. The van der Waals surface area contributed by atoms with Crippen LogP contribution in [0.1, 0.15) is 47.0 Å². The van der Waals surface area contributed by atoms with Crippen LogP contribution < -0.4 is 16.0 Å². The molecule has 3 N–H and O–H groups in total. The third-order valence-corrected chi connectivity index (χ3v) is 4.74. The molecule has 2 aliphatic rings. The zero-order valence-corrected chi connectivity index (χ0v) is 15.3. The highest BCUT2D eigenvalue weighted by Gasteiger charge is 2.62. The summed E-state index contributed by atoms with van der Waals surface area (Å²) in [6, 6.07) is 8.36. The van der Waals surface area contributed by atoms with Crippen molar-refractivity contribution < 1.29 is 14.3 Å². The summed E-state index contributed by atoms with van der Waals surface area (Å²) < 4.78 is 5.32. The number of alkyl carbamates (subject to hydrolysis) is 1. The summed E-state index contributed by atoms with van der Waals surface area (Å²) >= 11 is 0. The third kappa shape index (κ3) is 4.44. The van der Waals surface area contributed by atoms with E-state index in [1.165, 1.54) is 6.92 Å². The molecule has 0 bridgehead atoms. The Morgan fingerprint density at radius 1 is 1.16 bits per heavy atom. The van der Waals surface area contributed by atoms with E-state index in [2.05, 4.69) is 16.0 Å². The molecule has 1 unspecified atom stereocenters. The predicted octanol–water partition coefficient (Wildman–Crippen LogP) is 3.50. The first-order valence-corrected chi connectivity index (χ1v) is 8.79. The highest BCUT2D eigenvalue weighted by Crippen LogP contribution is 2.61. The Kier molecular flexibility index (Phi) is 4.39. The van der Waals surface area contributed by atoms with Gasteiger partial charge in [-0.3, -0.25) is 4.79 Å². The quantitative estimate of drug-likeness (QED) is 0.780. The van der Waals surface area contributed by atoms with E-state index in [1.807, 2.05) is 45.0 Å². The lowest BCUT2D eigenvalue weighted by Crippen LogP contribution is -2.43. The zero-order chi connectivity index (χ0) is 18.2. The van der Waals surface area contributed by atoms with Crippen LogP contribution in [0.2, 0.25) is 0 Å². The first-order chi connectivity index (χ1) is 11.7. The number of carbonyl (C=O) groups excluding carboxylic acids is 2. The Hall–Kier alpha value is -2.24. The van der Waals surface area contributed by atoms with Gasteiger partial charge in [0.15, 0.2) is 0 Å². The summed E-state index contributed by atoms with van der Waals surface area (Å²) in [6.45, 7) is 7.11. The molecular formula is C19H27N3O3. The van der Waals surface area contributed by atoms with Crippen molar-refractivity contribution in [1.29, 1.82) is 0 Å². The molecule has 1 aromatic rings. The average molecular weight is 345 g/mol. The first kappa shape index (κ1) is 17.6. The van der Waals surface area contributed by atoms with E-state index in [-0.39, 0.29) is 23.5 Å². The molecule has 0 heterocycles. The van der Waals surface area contributed by atoms with Crippen LogP contribution in [0.25, 0.3) is 0 Å². The monoisotopic (exact) mass is 345 g/mol. The summed E-state index contributed by atoms with van der Waals surface area (Å²) in [6.07, 6.45) is 2.78. The SMILES string of the molecule is CC(=O)Nc1cccc(NC2CC3(C2)CC3NC(=O)OC(C)(C)C)c1. The van der Waals surface area contributed by atoms with E-state index in [1.54, 1.807) is 0 Å². The Morgan fingerprint density at radius 3 is 2.48 bits per heavy atom. The normalized spacial score (nSPS) is 27.2. The van der Waals surface area contributed by atoms with Crippen molar-refractivity contribution in [2.24, 2.45) is 5.41 Å². The van der Waals surface area contributed by atoms with Gasteiger partial charge < -0.3 is 20.7 Å². The molecule has 1 spiro atoms. The summed E-state index contributed by atoms with van der Waals surface area (Å²) in [5.74, 6) is -0.0752. The van der Waals surface area contributed by atoms with Crippen molar-refractivity contribution in [2.75, 3.05) is 10.6 Å². The van der Waals surface area contributed by atoms with E-state index >= 15 is 0 Å². The number of hydrogen-bond donors (Lipinski definition) is 3. The second-order valence-electron chi connectivity index (χ2n) is 8.28. The van der Waals surface area contributed by atoms with Crippen molar-refractivity contribution in [2.45, 2.75) is 64.6 Å². The van der Waals surface area contributed by atoms with Gasteiger partial charge >= 0.3 is 6.09 Å². The Morgan fingerprint density at radius 2 is 1.84 bits per heavy atom. The Labute approximate surface area is 148 Å². The van der Waals surface area contributed by atoms with Gasteiger partial charge in [0.2, 0.25) is 5.91 Å². The van der Waals surface area contributed by atoms with E-state index < -0.39 is 5.60 Å². The lowest BCUT2D eigenvalue weighted by molar-refractivity contribution is -0.114. The minimum absolute atomic E-state index is 0.0752. The van der Waals surface area contributed by atoms with Crippen molar-refractivity contribution >= 4 is 23.4 Å². The summed E-state index contributed by atoms with van der Waals surface area (Å²) in [7, 11) is 0. The summed E-state index contributed by atoms with van der Waals surface area (Å²) in [5.41, 5.74) is 1.57. The van der Waals surface area contributed by atoms with Gasteiger partial charge in [-0.2, -0.15) is 0 Å². The topological polar surface area (TPSA) is 79.5 Å². The van der Waals surface area contributed by atoms with Gasteiger partial charge in [0.05, 0.1) is 0 Å². The summed E-state index contributed by atoms with van der Waals surface area (Å²) in [5, 5.41) is 9.28. The highest BCUT2D eigenvalue weighted by atomic mass is 16.6. The molecule has 2 saturated carbocycles. The molecule has 2 fully saturated rings. The molecule has 3 rings (SSSR count). The largest absolute Gasteiger partial charge is 0.444 e. The average Bonchev–Trinajstić information content (AvgIpc) is 3.09. The molecule has 1 aromatic carbocycles. The van der Waals surface area contributed by atoms with Crippen LogP contribution in [0, 0.1) is 5.41 Å². The van der Waals surface area contributed by atoms with Gasteiger partial charge in [-0.1, -0.05) is 6.07 Å². The van der Waals surface area contributed by atoms with Crippen LogP contribution in [0.4, 0.5) is 16.2 Å². The maximum Gasteiger partial charge on any atom is 0.407 e. The van der Waals surface area contributed by atoms with Gasteiger partial charge in [0, 0.05) is 30.4 Å². The molecule has 0 aliphatic heterocycles. The second kappa shape index (κ2) is 6.24. The molecule has 136 valence electrons. The van der Waals surface area contributed by atoms with Crippen molar-refractivity contribution in [3.8, 4) is 0 Å². The molecule has 6 heteroatoms. The molecule has 1 atom stereocenters. The molecule has 2 aliphatic carbocycles. The fourth-order valence-electron chi connectivity index (χ4n) is 3.60. The first-order valence-electron chi connectivity index (χ1n) is 8.79. The van der Waals surface area contributed by atoms with E-state index in [9.17, 15) is 9.59 Å². The number of amides is 2. The third-order valence-electron chi connectivity index (χ3n) is 4.74. The lowest BCUT2D eigenvalue weighted by Gasteiger charge is -2.38. The molecule has 0 saturated heterocycles. The Balaban J connectivity index is 1.45. The standard InChI is InChI=1S/C19H27N3O3/c1-12(23)20-13-6-5-7-14(8-13)21-15-9-19(10-15)11-16(19)22-17(24)25-18(2,3)4/h5-8,15-16,21H,9-11H2,1-4H3,(H,20,23)(H,22,24). The van der Waals surface area contributed by atoms with Crippen LogP contribution in [0.5, 0.6) is 0 Å². The van der Waals surface area contributed by atoms with Gasteiger partial charge in [0.1, 0.15) is 5.60 Å². The minimum atomic E-state index is -0.464. The number of anilines is 2. The van der Waals surface area contributed by atoms with Crippen LogP contribution in [-0.4, -0.2) is 29.7 Å². The fraction of sp³-hybridized carbons (Fsp3) is 0.579. The van der Waals surface area contributed by atoms with E-state index in [0.717, 1.165) is 30.6 Å². The van der Waals surface area contributed by atoms with Crippen molar-refractivity contribution in [3.63, 3.8) is 0 Å².